The zero-order valence-electron chi connectivity index (χ0n) is 9.11. The number of alkyl halides is 2. The first-order valence-corrected chi connectivity index (χ1v) is 7.41. The van der Waals surface area contributed by atoms with Crippen molar-refractivity contribution in [3.8, 4) is 0 Å². The van der Waals surface area contributed by atoms with Gasteiger partial charge >= 0.3 is 0 Å². The molecule has 0 fully saturated rings. The normalized spacial score (nSPS) is 12.0. The molecule has 1 N–H and O–H groups in total. The highest BCUT2D eigenvalue weighted by atomic mass is 35.5. The quantitative estimate of drug-likeness (QED) is 0.503. The number of nitrogens with one attached hydrogen (secondary N) is 1. The highest BCUT2D eigenvalue weighted by Gasteiger charge is 2.24. The lowest BCUT2D eigenvalue weighted by Gasteiger charge is -2.29. The van der Waals surface area contributed by atoms with Gasteiger partial charge in [0.1, 0.15) is 0 Å². The molecule has 0 unspecified atom stereocenters. The molecule has 0 aromatic rings. The Labute approximate surface area is 102 Å². The summed E-state index contributed by atoms with van der Waals surface area (Å²) >= 11 is 13.8. The van der Waals surface area contributed by atoms with Gasteiger partial charge in [0.2, 0.25) is 0 Å². The molecule has 0 aromatic heterocycles. The second-order valence-electron chi connectivity index (χ2n) is 3.38. The summed E-state index contributed by atoms with van der Waals surface area (Å²) in [5.41, 5.74) is -0.0556. The largest absolute Gasteiger partial charge is 0.309 e. The maximum atomic E-state index is 5.91. The van der Waals surface area contributed by atoms with Crippen LogP contribution in [0.5, 0.6) is 0 Å². The molecule has 14 heavy (non-hydrogen) atoms. The Morgan fingerprint density at radius 3 is 2.29 bits per heavy atom. The van der Waals surface area contributed by atoms with Gasteiger partial charge in [-0.25, -0.2) is 0 Å². The van der Waals surface area contributed by atoms with Crippen LogP contribution in [0.25, 0.3) is 0 Å². The van der Waals surface area contributed by atoms with Crippen molar-refractivity contribution < 1.29 is 0 Å². The molecule has 0 saturated heterocycles. The first-order valence-electron chi connectivity index (χ1n) is 5.19. The van der Waals surface area contributed by atoms with Crippen molar-refractivity contribution in [1.29, 1.82) is 0 Å². The van der Waals surface area contributed by atoms with Crippen LogP contribution in [0.15, 0.2) is 0 Å². The second-order valence-corrected chi connectivity index (χ2v) is 5.31. The van der Waals surface area contributed by atoms with Gasteiger partial charge in [0.25, 0.3) is 0 Å². The SMILES string of the molecule is CCSCCCNC(CC)(CCl)CCl. The van der Waals surface area contributed by atoms with Crippen LogP contribution < -0.4 is 5.32 Å². The number of rotatable bonds is 9. The van der Waals surface area contributed by atoms with Crippen molar-refractivity contribution in [2.24, 2.45) is 0 Å². The molecule has 0 spiro atoms. The van der Waals surface area contributed by atoms with Gasteiger partial charge in [0.05, 0.1) is 0 Å². The van der Waals surface area contributed by atoms with Crippen LogP contribution in [0.1, 0.15) is 26.7 Å². The predicted molar refractivity (Wildman–Crippen MR) is 70.1 cm³/mol. The van der Waals surface area contributed by atoms with Gasteiger partial charge in [-0.15, -0.1) is 23.2 Å². The van der Waals surface area contributed by atoms with Crippen LogP contribution in [-0.4, -0.2) is 35.3 Å². The van der Waals surface area contributed by atoms with Crippen LogP contribution in [0.2, 0.25) is 0 Å². The summed E-state index contributed by atoms with van der Waals surface area (Å²) in [4.78, 5) is 0. The molecule has 0 aliphatic rings. The van der Waals surface area contributed by atoms with E-state index in [4.69, 9.17) is 23.2 Å². The molecule has 0 bridgehead atoms. The van der Waals surface area contributed by atoms with Gasteiger partial charge in [-0.1, -0.05) is 13.8 Å². The van der Waals surface area contributed by atoms with E-state index in [-0.39, 0.29) is 5.54 Å². The molecule has 0 heterocycles. The molecule has 0 aliphatic carbocycles. The average molecular weight is 258 g/mol. The van der Waals surface area contributed by atoms with Crippen LogP contribution >= 0.6 is 35.0 Å². The third kappa shape index (κ3) is 5.69. The minimum absolute atomic E-state index is 0.0556. The van der Waals surface area contributed by atoms with E-state index in [0.717, 1.165) is 13.0 Å². The summed E-state index contributed by atoms with van der Waals surface area (Å²) in [6.07, 6.45) is 2.18. The minimum Gasteiger partial charge on any atom is -0.309 e. The monoisotopic (exact) mass is 257 g/mol. The first-order chi connectivity index (χ1) is 6.74. The average Bonchev–Trinajstić information content (AvgIpc) is 2.24. The lowest BCUT2D eigenvalue weighted by molar-refractivity contribution is 0.388. The third-order valence-electron chi connectivity index (χ3n) is 2.36. The Hall–Kier alpha value is 0.890. The van der Waals surface area contributed by atoms with Crippen molar-refractivity contribution in [3.63, 3.8) is 0 Å². The molecule has 0 radical (unpaired) electrons. The summed E-state index contributed by atoms with van der Waals surface area (Å²) in [5.74, 6) is 3.60. The first kappa shape index (κ1) is 14.9. The van der Waals surface area contributed by atoms with Crippen molar-refractivity contribution in [2.45, 2.75) is 32.2 Å². The summed E-state index contributed by atoms with van der Waals surface area (Å²) in [7, 11) is 0. The van der Waals surface area contributed by atoms with E-state index < -0.39 is 0 Å². The molecule has 1 nitrogen and oxygen atoms in total. The fourth-order valence-corrected chi connectivity index (χ4v) is 2.61. The van der Waals surface area contributed by atoms with Gasteiger partial charge in [-0.3, -0.25) is 0 Å². The molecule has 0 aliphatic heterocycles. The van der Waals surface area contributed by atoms with E-state index in [1.165, 1.54) is 17.9 Å². The van der Waals surface area contributed by atoms with Crippen molar-refractivity contribution >= 4 is 35.0 Å². The summed E-state index contributed by atoms with van der Waals surface area (Å²) < 4.78 is 0. The summed E-state index contributed by atoms with van der Waals surface area (Å²) in [5, 5.41) is 3.46. The Bertz CT molecular complexity index is 121. The van der Waals surface area contributed by atoms with E-state index in [2.05, 4.69) is 19.2 Å². The van der Waals surface area contributed by atoms with Crippen LogP contribution in [0.4, 0.5) is 0 Å². The lowest BCUT2D eigenvalue weighted by atomic mass is 10.0. The molecule has 0 saturated carbocycles. The molecular formula is C10H21Cl2NS. The van der Waals surface area contributed by atoms with E-state index in [1.54, 1.807) is 0 Å². The van der Waals surface area contributed by atoms with E-state index in [0.29, 0.717) is 11.8 Å². The fraction of sp³-hybridized carbons (Fsp3) is 1.00. The molecular weight excluding hydrogens is 237 g/mol. The number of hydrogen-bond acceptors (Lipinski definition) is 2. The Balaban J connectivity index is 3.61. The summed E-state index contributed by atoms with van der Waals surface area (Å²) in [6, 6.07) is 0. The van der Waals surface area contributed by atoms with Crippen LogP contribution in [-0.2, 0) is 0 Å². The molecule has 86 valence electrons. The van der Waals surface area contributed by atoms with Gasteiger partial charge in [-0.2, -0.15) is 11.8 Å². The third-order valence-corrected chi connectivity index (χ3v) is 4.37. The number of halogens is 2. The smallest absolute Gasteiger partial charge is 0.0451 e. The highest BCUT2D eigenvalue weighted by Crippen LogP contribution is 2.14. The molecule has 0 atom stereocenters. The van der Waals surface area contributed by atoms with E-state index in [1.807, 2.05) is 11.8 Å². The number of hydrogen-bond donors (Lipinski definition) is 1. The maximum absolute atomic E-state index is 5.91. The molecule has 0 aromatic carbocycles. The molecule has 4 heteroatoms. The predicted octanol–water partition coefficient (Wildman–Crippen LogP) is 3.35. The lowest BCUT2D eigenvalue weighted by Crippen LogP contribution is -2.48. The Morgan fingerprint density at radius 1 is 1.21 bits per heavy atom. The second kappa shape index (κ2) is 9.14. The molecule has 0 rings (SSSR count). The van der Waals surface area contributed by atoms with Crippen LogP contribution in [0, 0.1) is 0 Å². The minimum atomic E-state index is -0.0556. The fourth-order valence-electron chi connectivity index (χ4n) is 1.12. The van der Waals surface area contributed by atoms with Crippen LogP contribution in [0.3, 0.4) is 0 Å². The van der Waals surface area contributed by atoms with Gasteiger partial charge in [-0.05, 0) is 30.9 Å². The molecule has 0 amide bonds. The van der Waals surface area contributed by atoms with Gasteiger partial charge < -0.3 is 5.32 Å². The van der Waals surface area contributed by atoms with E-state index in [9.17, 15) is 0 Å². The van der Waals surface area contributed by atoms with Gasteiger partial charge in [0.15, 0.2) is 0 Å². The standard InChI is InChI=1S/C10H21Cl2NS/c1-3-10(8-11,9-12)13-6-5-7-14-4-2/h13H,3-9H2,1-2H3. The zero-order valence-corrected chi connectivity index (χ0v) is 11.4. The summed E-state index contributed by atoms with van der Waals surface area (Å²) in [6.45, 7) is 5.32. The zero-order chi connectivity index (χ0) is 10.9. The topological polar surface area (TPSA) is 12.0 Å². The Morgan fingerprint density at radius 2 is 1.86 bits per heavy atom. The Kier molecular flexibility index (Phi) is 9.72. The van der Waals surface area contributed by atoms with Crippen molar-refractivity contribution in [3.05, 3.63) is 0 Å². The highest BCUT2D eigenvalue weighted by molar-refractivity contribution is 7.99. The van der Waals surface area contributed by atoms with Gasteiger partial charge in [0, 0.05) is 17.3 Å². The maximum Gasteiger partial charge on any atom is 0.0451 e. The van der Waals surface area contributed by atoms with Crippen molar-refractivity contribution in [2.75, 3.05) is 29.8 Å². The number of thioether (sulfide) groups is 1. The van der Waals surface area contributed by atoms with E-state index >= 15 is 0 Å². The van der Waals surface area contributed by atoms with Crippen molar-refractivity contribution in [1.82, 2.24) is 5.32 Å².